The molecule has 1 N–H and O–H groups in total. The normalized spacial score (nSPS) is 22.0. The van der Waals surface area contributed by atoms with Gasteiger partial charge in [0, 0.05) is 38.7 Å². The number of ether oxygens (including phenoxy) is 2. The minimum absolute atomic E-state index is 0.142. The number of likely N-dealkylation sites (tertiary alicyclic amines) is 1. The van der Waals surface area contributed by atoms with Crippen molar-refractivity contribution in [2.75, 3.05) is 33.4 Å². The largest absolute Gasteiger partial charge is 0.496 e. The molecule has 138 valence electrons. The van der Waals surface area contributed by atoms with Crippen LogP contribution in [0.15, 0.2) is 24.3 Å². The summed E-state index contributed by atoms with van der Waals surface area (Å²) in [4.78, 5) is 14.7. The maximum absolute atomic E-state index is 12.3. The molecule has 1 amide bonds. The lowest BCUT2D eigenvalue weighted by atomic mass is 10.0. The second kappa shape index (κ2) is 9.20. The van der Waals surface area contributed by atoms with Crippen LogP contribution < -0.4 is 10.1 Å². The second-order valence-electron chi connectivity index (χ2n) is 7.09. The van der Waals surface area contributed by atoms with Gasteiger partial charge in [0.1, 0.15) is 5.75 Å². The molecule has 2 fully saturated rings. The first-order chi connectivity index (χ1) is 12.2. The Kier molecular flexibility index (Phi) is 6.70. The van der Waals surface area contributed by atoms with Crippen molar-refractivity contribution in [3.63, 3.8) is 0 Å². The number of benzene rings is 1. The maximum Gasteiger partial charge on any atom is 0.220 e. The lowest BCUT2D eigenvalue weighted by Crippen LogP contribution is -2.46. The summed E-state index contributed by atoms with van der Waals surface area (Å²) < 4.78 is 11.1. The Labute approximate surface area is 150 Å². The Morgan fingerprint density at radius 2 is 2.08 bits per heavy atom. The molecule has 2 heterocycles. The summed E-state index contributed by atoms with van der Waals surface area (Å²) >= 11 is 0. The molecule has 1 atom stereocenters. The molecule has 0 bridgehead atoms. The molecule has 3 rings (SSSR count). The fourth-order valence-corrected chi connectivity index (χ4v) is 3.79. The average molecular weight is 346 g/mol. The Hall–Kier alpha value is -1.59. The second-order valence-corrected chi connectivity index (χ2v) is 7.09. The van der Waals surface area contributed by atoms with Crippen LogP contribution in [0.3, 0.4) is 0 Å². The number of aryl methyl sites for hydroxylation is 1. The molecule has 0 aliphatic carbocycles. The monoisotopic (exact) mass is 346 g/mol. The van der Waals surface area contributed by atoms with E-state index in [0.29, 0.717) is 25.0 Å². The fourth-order valence-electron chi connectivity index (χ4n) is 3.79. The molecule has 1 aromatic carbocycles. The predicted octanol–water partition coefficient (Wildman–Crippen LogP) is 2.39. The summed E-state index contributed by atoms with van der Waals surface area (Å²) in [6.07, 6.45) is 6.11. The quantitative estimate of drug-likeness (QED) is 0.824. The number of piperidine rings is 1. The van der Waals surface area contributed by atoms with Gasteiger partial charge in [-0.25, -0.2) is 0 Å². The first-order valence-corrected chi connectivity index (χ1v) is 9.50. The summed E-state index contributed by atoms with van der Waals surface area (Å²) in [7, 11) is 1.67. The van der Waals surface area contributed by atoms with Gasteiger partial charge in [-0.05, 0) is 43.7 Å². The molecule has 5 heteroatoms. The van der Waals surface area contributed by atoms with Crippen molar-refractivity contribution in [1.29, 1.82) is 0 Å². The van der Waals surface area contributed by atoms with Gasteiger partial charge in [0.2, 0.25) is 5.91 Å². The highest BCUT2D eigenvalue weighted by Crippen LogP contribution is 2.19. The highest BCUT2D eigenvalue weighted by atomic mass is 16.5. The molecule has 0 radical (unpaired) electrons. The van der Waals surface area contributed by atoms with E-state index in [1.54, 1.807) is 7.11 Å². The van der Waals surface area contributed by atoms with Gasteiger partial charge in [-0.15, -0.1) is 0 Å². The number of methoxy groups -OCH3 is 1. The summed E-state index contributed by atoms with van der Waals surface area (Å²) in [5.41, 5.74) is 1.09. The summed E-state index contributed by atoms with van der Waals surface area (Å²) in [6, 6.07) is 8.21. The van der Waals surface area contributed by atoms with Gasteiger partial charge in [-0.2, -0.15) is 0 Å². The summed E-state index contributed by atoms with van der Waals surface area (Å²) in [6.45, 7) is 4.08. The lowest BCUT2D eigenvalue weighted by molar-refractivity contribution is -0.122. The first-order valence-electron chi connectivity index (χ1n) is 9.50. The van der Waals surface area contributed by atoms with Crippen LogP contribution in [0.4, 0.5) is 0 Å². The molecule has 25 heavy (non-hydrogen) atoms. The van der Waals surface area contributed by atoms with Gasteiger partial charge in [-0.1, -0.05) is 18.2 Å². The zero-order chi connectivity index (χ0) is 17.5. The van der Waals surface area contributed by atoms with Crippen LogP contribution in [0, 0.1) is 0 Å². The molecule has 0 unspecified atom stereocenters. The molecule has 2 aliphatic rings. The number of amides is 1. The molecular formula is C20H30N2O3. The highest BCUT2D eigenvalue weighted by molar-refractivity contribution is 5.76. The van der Waals surface area contributed by atoms with E-state index in [2.05, 4.69) is 10.2 Å². The number of hydrogen-bond acceptors (Lipinski definition) is 4. The topological polar surface area (TPSA) is 50.8 Å². The Morgan fingerprint density at radius 1 is 1.28 bits per heavy atom. The van der Waals surface area contributed by atoms with Crippen LogP contribution in [0.2, 0.25) is 0 Å². The minimum Gasteiger partial charge on any atom is -0.496 e. The molecule has 0 aromatic heterocycles. The van der Waals surface area contributed by atoms with Crippen molar-refractivity contribution >= 4 is 5.91 Å². The average Bonchev–Trinajstić information content (AvgIpc) is 3.15. The molecule has 5 nitrogen and oxygen atoms in total. The number of nitrogens with zero attached hydrogens (tertiary/aromatic N) is 1. The summed E-state index contributed by atoms with van der Waals surface area (Å²) in [5.74, 6) is 1.00. The molecule has 2 aliphatic heterocycles. The fraction of sp³-hybridized carbons (Fsp3) is 0.650. The Balaban J connectivity index is 1.36. The van der Waals surface area contributed by atoms with Gasteiger partial charge in [-0.3, -0.25) is 4.79 Å². The standard InChI is InChI=1S/C20H30N2O3/c1-24-19-7-3-2-5-16(19)8-9-20(23)21-17-10-12-22(13-11-17)15-18-6-4-14-25-18/h2-3,5,7,17-18H,4,6,8-15H2,1H3,(H,21,23)/t18-/m0/s1. The lowest BCUT2D eigenvalue weighted by Gasteiger charge is -2.33. The molecule has 1 aromatic rings. The number of carbonyl (C=O) groups excluding carboxylic acids is 1. The highest BCUT2D eigenvalue weighted by Gasteiger charge is 2.24. The van der Waals surface area contributed by atoms with E-state index in [4.69, 9.17) is 9.47 Å². The van der Waals surface area contributed by atoms with Gasteiger partial charge in [0.15, 0.2) is 0 Å². The van der Waals surface area contributed by atoms with Crippen molar-refractivity contribution < 1.29 is 14.3 Å². The molecule has 2 saturated heterocycles. The van der Waals surface area contributed by atoms with E-state index >= 15 is 0 Å². The van der Waals surface area contributed by atoms with Crippen LogP contribution >= 0.6 is 0 Å². The van der Waals surface area contributed by atoms with Gasteiger partial charge >= 0.3 is 0 Å². The number of hydrogen-bond donors (Lipinski definition) is 1. The Bertz CT molecular complexity index is 550. The SMILES string of the molecule is COc1ccccc1CCC(=O)NC1CCN(C[C@@H]2CCCO2)CC1. The predicted molar refractivity (Wildman–Crippen MR) is 97.9 cm³/mol. The minimum atomic E-state index is 0.142. The van der Waals surface area contributed by atoms with Crippen LogP contribution in [0.1, 0.15) is 37.7 Å². The number of nitrogens with one attached hydrogen (secondary N) is 1. The molecule has 0 spiro atoms. The van der Waals surface area contributed by atoms with E-state index in [1.165, 1.54) is 12.8 Å². The van der Waals surface area contributed by atoms with Gasteiger partial charge in [0.25, 0.3) is 0 Å². The van der Waals surface area contributed by atoms with Crippen LogP contribution in [0.25, 0.3) is 0 Å². The van der Waals surface area contributed by atoms with Crippen LogP contribution in [-0.2, 0) is 16.0 Å². The van der Waals surface area contributed by atoms with E-state index in [1.807, 2.05) is 24.3 Å². The summed E-state index contributed by atoms with van der Waals surface area (Å²) in [5, 5.41) is 3.20. The van der Waals surface area contributed by atoms with Crippen molar-refractivity contribution in [3.8, 4) is 5.75 Å². The van der Waals surface area contributed by atoms with Crippen LogP contribution in [0.5, 0.6) is 5.75 Å². The third-order valence-corrected chi connectivity index (χ3v) is 5.25. The van der Waals surface area contributed by atoms with Crippen molar-refractivity contribution in [2.45, 2.75) is 50.7 Å². The number of rotatable bonds is 7. The van der Waals surface area contributed by atoms with E-state index in [9.17, 15) is 4.79 Å². The molecular weight excluding hydrogens is 316 g/mol. The first kappa shape index (κ1) is 18.2. The van der Waals surface area contributed by atoms with E-state index in [0.717, 1.165) is 50.4 Å². The molecule has 0 saturated carbocycles. The Morgan fingerprint density at radius 3 is 2.80 bits per heavy atom. The third kappa shape index (κ3) is 5.44. The number of carbonyl (C=O) groups is 1. The zero-order valence-electron chi connectivity index (χ0n) is 15.2. The smallest absolute Gasteiger partial charge is 0.220 e. The van der Waals surface area contributed by atoms with Crippen LogP contribution in [-0.4, -0.2) is 56.3 Å². The van der Waals surface area contributed by atoms with E-state index < -0.39 is 0 Å². The van der Waals surface area contributed by atoms with Gasteiger partial charge in [0.05, 0.1) is 13.2 Å². The third-order valence-electron chi connectivity index (χ3n) is 5.25. The van der Waals surface area contributed by atoms with Crippen molar-refractivity contribution in [3.05, 3.63) is 29.8 Å². The van der Waals surface area contributed by atoms with Crippen molar-refractivity contribution in [1.82, 2.24) is 10.2 Å². The van der Waals surface area contributed by atoms with E-state index in [-0.39, 0.29) is 5.91 Å². The number of para-hydroxylation sites is 1. The van der Waals surface area contributed by atoms with Crippen molar-refractivity contribution in [2.24, 2.45) is 0 Å². The van der Waals surface area contributed by atoms with Gasteiger partial charge < -0.3 is 19.7 Å². The zero-order valence-corrected chi connectivity index (χ0v) is 15.2. The maximum atomic E-state index is 12.3.